The summed E-state index contributed by atoms with van der Waals surface area (Å²) >= 11 is 3.48. The Labute approximate surface area is 117 Å². The zero-order valence-electron chi connectivity index (χ0n) is 11.0. The van der Waals surface area contributed by atoms with E-state index in [1.807, 2.05) is 6.07 Å². The van der Waals surface area contributed by atoms with E-state index in [9.17, 15) is 0 Å². The molecule has 0 saturated heterocycles. The van der Waals surface area contributed by atoms with Gasteiger partial charge < -0.3 is 5.73 Å². The number of rotatable bonds is 2. The molecular weight excluding hydrogens is 286 g/mol. The largest absolute Gasteiger partial charge is 0.320 e. The number of aryl methyl sites for hydroxylation is 3. The summed E-state index contributed by atoms with van der Waals surface area (Å²) in [6.07, 6.45) is 0. The highest BCUT2D eigenvalue weighted by atomic mass is 79.9. The van der Waals surface area contributed by atoms with E-state index in [4.69, 9.17) is 5.73 Å². The van der Waals surface area contributed by atoms with Gasteiger partial charge in [-0.15, -0.1) is 0 Å². The molecule has 0 amide bonds. The fraction of sp³-hybridized carbons (Fsp3) is 0.250. The molecule has 2 N–H and O–H groups in total. The molecule has 1 nitrogen and oxygen atoms in total. The molecular formula is C16H18BrN. The van der Waals surface area contributed by atoms with Crippen LogP contribution in [0.15, 0.2) is 40.9 Å². The lowest BCUT2D eigenvalue weighted by Gasteiger charge is -2.18. The topological polar surface area (TPSA) is 26.0 Å². The average Bonchev–Trinajstić information content (AvgIpc) is 2.28. The van der Waals surface area contributed by atoms with Crippen molar-refractivity contribution in [3.05, 3.63) is 68.7 Å². The molecule has 18 heavy (non-hydrogen) atoms. The molecule has 0 radical (unpaired) electrons. The summed E-state index contributed by atoms with van der Waals surface area (Å²) in [6.45, 7) is 6.33. The van der Waals surface area contributed by atoms with Gasteiger partial charge in [-0.25, -0.2) is 0 Å². The lowest BCUT2D eigenvalue weighted by Crippen LogP contribution is -2.14. The second kappa shape index (κ2) is 5.25. The van der Waals surface area contributed by atoms with Gasteiger partial charge in [0.25, 0.3) is 0 Å². The van der Waals surface area contributed by atoms with Crippen molar-refractivity contribution >= 4 is 15.9 Å². The molecule has 2 aromatic carbocycles. The molecule has 0 heterocycles. The van der Waals surface area contributed by atoms with Gasteiger partial charge in [-0.2, -0.15) is 0 Å². The van der Waals surface area contributed by atoms with Crippen LogP contribution in [0.4, 0.5) is 0 Å². The summed E-state index contributed by atoms with van der Waals surface area (Å²) in [5.74, 6) is 0. The zero-order valence-corrected chi connectivity index (χ0v) is 12.6. The van der Waals surface area contributed by atoms with Crippen LogP contribution in [0.2, 0.25) is 0 Å². The van der Waals surface area contributed by atoms with Gasteiger partial charge >= 0.3 is 0 Å². The van der Waals surface area contributed by atoms with Gasteiger partial charge in [0.1, 0.15) is 0 Å². The van der Waals surface area contributed by atoms with Crippen molar-refractivity contribution in [3.8, 4) is 0 Å². The molecule has 94 valence electrons. The van der Waals surface area contributed by atoms with Crippen molar-refractivity contribution in [2.24, 2.45) is 5.73 Å². The van der Waals surface area contributed by atoms with Crippen LogP contribution in [0.5, 0.6) is 0 Å². The maximum atomic E-state index is 6.40. The minimum atomic E-state index is -0.0568. The molecule has 0 spiro atoms. The monoisotopic (exact) mass is 303 g/mol. The molecule has 0 aliphatic heterocycles. The molecule has 2 rings (SSSR count). The molecule has 2 heteroatoms. The number of hydrogen-bond donors (Lipinski definition) is 1. The highest BCUT2D eigenvalue weighted by molar-refractivity contribution is 9.10. The molecule has 0 aliphatic rings. The van der Waals surface area contributed by atoms with Gasteiger partial charge in [0.15, 0.2) is 0 Å². The summed E-state index contributed by atoms with van der Waals surface area (Å²) in [4.78, 5) is 0. The first-order valence-corrected chi connectivity index (χ1v) is 6.87. The van der Waals surface area contributed by atoms with Crippen molar-refractivity contribution < 1.29 is 0 Å². The molecule has 0 aromatic heterocycles. The van der Waals surface area contributed by atoms with E-state index in [1.54, 1.807) is 0 Å². The van der Waals surface area contributed by atoms with Gasteiger partial charge in [-0.3, -0.25) is 0 Å². The van der Waals surface area contributed by atoms with Crippen LogP contribution in [0, 0.1) is 20.8 Å². The van der Waals surface area contributed by atoms with Gasteiger partial charge in [-0.1, -0.05) is 45.8 Å². The standard InChI is InChI=1S/C16H18BrN/c1-10-4-6-14(11(2)8-10)16(18)15-7-5-13(17)9-12(15)3/h4-9,16H,18H2,1-3H3. The van der Waals surface area contributed by atoms with Gasteiger partial charge in [0, 0.05) is 4.47 Å². The predicted octanol–water partition coefficient (Wildman–Crippen LogP) is 4.42. The number of benzene rings is 2. The lowest BCUT2D eigenvalue weighted by atomic mass is 9.92. The molecule has 0 saturated carbocycles. The molecule has 0 fully saturated rings. The molecule has 1 atom stereocenters. The number of nitrogens with two attached hydrogens (primary N) is 1. The summed E-state index contributed by atoms with van der Waals surface area (Å²) in [5, 5.41) is 0. The second-order valence-corrected chi connectivity index (χ2v) is 5.75. The fourth-order valence-electron chi connectivity index (χ4n) is 2.33. The van der Waals surface area contributed by atoms with E-state index >= 15 is 0 Å². The van der Waals surface area contributed by atoms with E-state index < -0.39 is 0 Å². The predicted molar refractivity (Wildman–Crippen MR) is 80.8 cm³/mol. The Balaban J connectivity index is 2.44. The molecule has 2 aromatic rings. The Morgan fingerprint density at radius 1 is 0.889 bits per heavy atom. The Hall–Kier alpha value is -1.12. The molecule has 0 bridgehead atoms. The van der Waals surface area contributed by atoms with E-state index in [2.05, 4.69) is 67.0 Å². The Bertz CT molecular complexity index is 524. The van der Waals surface area contributed by atoms with Crippen LogP contribution in [0.1, 0.15) is 33.9 Å². The summed E-state index contributed by atoms with van der Waals surface area (Å²) in [6, 6.07) is 12.6. The Kier molecular flexibility index (Phi) is 3.88. The Morgan fingerprint density at radius 3 is 2.00 bits per heavy atom. The third kappa shape index (κ3) is 2.65. The smallest absolute Gasteiger partial charge is 0.0556 e. The first-order valence-electron chi connectivity index (χ1n) is 6.08. The fourth-order valence-corrected chi connectivity index (χ4v) is 2.81. The minimum absolute atomic E-state index is 0.0568. The van der Waals surface area contributed by atoms with Crippen molar-refractivity contribution in [3.63, 3.8) is 0 Å². The van der Waals surface area contributed by atoms with E-state index in [0.29, 0.717) is 0 Å². The van der Waals surface area contributed by atoms with Crippen molar-refractivity contribution in [1.29, 1.82) is 0 Å². The first-order chi connectivity index (χ1) is 8.49. The third-order valence-electron chi connectivity index (χ3n) is 3.33. The Morgan fingerprint density at radius 2 is 1.44 bits per heavy atom. The summed E-state index contributed by atoms with van der Waals surface area (Å²) < 4.78 is 1.09. The van der Waals surface area contributed by atoms with Crippen molar-refractivity contribution in [1.82, 2.24) is 0 Å². The van der Waals surface area contributed by atoms with Gasteiger partial charge in [0.2, 0.25) is 0 Å². The number of halogens is 1. The highest BCUT2D eigenvalue weighted by Gasteiger charge is 2.13. The highest BCUT2D eigenvalue weighted by Crippen LogP contribution is 2.27. The maximum absolute atomic E-state index is 6.40. The van der Waals surface area contributed by atoms with E-state index in [-0.39, 0.29) is 6.04 Å². The summed E-state index contributed by atoms with van der Waals surface area (Å²) in [7, 11) is 0. The van der Waals surface area contributed by atoms with Crippen LogP contribution in [0.25, 0.3) is 0 Å². The van der Waals surface area contributed by atoms with E-state index in [0.717, 1.165) is 4.47 Å². The molecule has 0 aliphatic carbocycles. The SMILES string of the molecule is Cc1ccc(C(N)c2ccc(Br)cc2C)c(C)c1. The quantitative estimate of drug-likeness (QED) is 0.873. The molecule has 1 unspecified atom stereocenters. The van der Waals surface area contributed by atoms with Gasteiger partial charge in [-0.05, 0) is 55.2 Å². The van der Waals surface area contributed by atoms with Crippen LogP contribution in [-0.2, 0) is 0 Å². The minimum Gasteiger partial charge on any atom is -0.320 e. The van der Waals surface area contributed by atoms with Crippen molar-refractivity contribution in [2.75, 3.05) is 0 Å². The maximum Gasteiger partial charge on any atom is 0.0556 e. The summed E-state index contributed by atoms with van der Waals surface area (Å²) in [5.41, 5.74) is 12.5. The van der Waals surface area contributed by atoms with Gasteiger partial charge in [0.05, 0.1) is 6.04 Å². The van der Waals surface area contributed by atoms with Crippen LogP contribution >= 0.6 is 15.9 Å². The van der Waals surface area contributed by atoms with Crippen LogP contribution in [0.3, 0.4) is 0 Å². The van der Waals surface area contributed by atoms with Crippen LogP contribution in [-0.4, -0.2) is 0 Å². The third-order valence-corrected chi connectivity index (χ3v) is 3.82. The first kappa shape index (κ1) is 13.3. The second-order valence-electron chi connectivity index (χ2n) is 4.84. The van der Waals surface area contributed by atoms with Crippen LogP contribution < -0.4 is 5.73 Å². The number of hydrogen-bond acceptors (Lipinski definition) is 1. The zero-order chi connectivity index (χ0) is 13.3. The lowest BCUT2D eigenvalue weighted by molar-refractivity contribution is 0.851. The average molecular weight is 304 g/mol. The van der Waals surface area contributed by atoms with Crippen molar-refractivity contribution in [2.45, 2.75) is 26.8 Å². The van der Waals surface area contributed by atoms with E-state index in [1.165, 1.54) is 27.8 Å². The normalized spacial score (nSPS) is 12.5.